The summed E-state index contributed by atoms with van der Waals surface area (Å²) in [5.74, 6) is 0.502. The van der Waals surface area contributed by atoms with E-state index in [4.69, 9.17) is 37.0 Å². The van der Waals surface area contributed by atoms with Crippen LogP contribution in [0.5, 0.6) is 0 Å². The van der Waals surface area contributed by atoms with Crippen LogP contribution in [0, 0.1) is 0 Å². The maximum atomic E-state index is 11.2. The van der Waals surface area contributed by atoms with E-state index in [2.05, 4.69) is 21.9 Å². The zero-order chi connectivity index (χ0) is 24.5. The molecular formula is C25H19Cl2N3O5. The molecule has 0 unspecified atom stereocenters. The summed E-state index contributed by atoms with van der Waals surface area (Å²) in [4.78, 5) is 15.5. The Labute approximate surface area is 210 Å². The number of aromatic carboxylic acids is 1. The topological polar surface area (TPSA) is 111 Å². The summed E-state index contributed by atoms with van der Waals surface area (Å²) >= 11 is 12.8. The Bertz CT molecular complexity index is 1400. The number of halogens is 2. The van der Waals surface area contributed by atoms with E-state index in [9.17, 15) is 9.90 Å². The van der Waals surface area contributed by atoms with Gasteiger partial charge >= 0.3 is 5.97 Å². The lowest BCUT2D eigenvalue weighted by Crippen LogP contribution is -2.01. The van der Waals surface area contributed by atoms with Crippen molar-refractivity contribution >= 4 is 34.7 Å². The van der Waals surface area contributed by atoms with Crippen LogP contribution >= 0.6 is 23.2 Å². The molecule has 0 bridgehead atoms. The molecule has 1 N–H and O–H groups in total. The van der Waals surface area contributed by atoms with Gasteiger partial charge in [-0.3, -0.25) is 0 Å². The minimum atomic E-state index is -1.04. The summed E-state index contributed by atoms with van der Waals surface area (Å²) in [6, 6.07) is 11.6. The lowest BCUT2D eigenvalue weighted by Gasteiger charge is -2.08. The molecule has 2 aromatic carbocycles. The summed E-state index contributed by atoms with van der Waals surface area (Å²) in [6.07, 6.45) is 2.05. The van der Waals surface area contributed by atoms with Gasteiger partial charge in [0.15, 0.2) is 0 Å². The number of rotatable bonds is 9. The maximum Gasteiger partial charge on any atom is 0.335 e. The molecule has 10 heteroatoms. The molecule has 0 spiro atoms. The van der Waals surface area contributed by atoms with E-state index in [1.165, 1.54) is 12.1 Å². The fourth-order valence-corrected chi connectivity index (χ4v) is 4.24. The van der Waals surface area contributed by atoms with Gasteiger partial charge in [-0.25, -0.2) is 4.79 Å². The summed E-state index contributed by atoms with van der Waals surface area (Å²) < 4.78 is 16.9. The normalized spacial score (nSPS) is 13.2. The third-order valence-electron chi connectivity index (χ3n) is 5.59. The van der Waals surface area contributed by atoms with E-state index >= 15 is 0 Å². The minimum absolute atomic E-state index is 0.113. The third-order valence-corrected chi connectivity index (χ3v) is 6.22. The number of carboxylic acids is 1. The van der Waals surface area contributed by atoms with Crippen LogP contribution in [0.2, 0.25) is 10.0 Å². The predicted octanol–water partition coefficient (Wildman–Crippen LogP) is 6.50. The number of hydrogen-bond donors (Lipinski definition) is 1. The molecule has 8 nitrogen and oxygen atoms in total. The molecule has 1 saturated carbocycles. The molecule has 0 aliphatic heterocycles. The van der Waals surface area contributed by atoms with Crippen molar-refractivity contribution in [3.8, 4) is 22.6 Å². The van der Waals surface area contributed by atoms with Crippen LogP contribution in [0.1, 0.15) is 46.3 Å². The molecule has 2 aromatic heterocycles. The fourth-order valence-electron chi connectivity index (χ4n) is 3.66. The van der Waals surface area contributed by atoms with Gasteiger partial charge in [0.1, 0.15) is 11.5 Å². The Balaban J connectivity index is 1.31. The Morgan fingerprint density at radius 1 is 1.11 bits per heavy atom. The molecule has 0 atom stereocenters. The van der Waals surface area contributed by atoms with Crippen molar-refractivity contribution in [2.24, 2.45) is 0 Å². The fraction of sp³-hybridized carbons (Fsp3) is 0.200. The molecule has 1 fully saturated rings. The zero-order valence-corrected chi connectivity index (χ0v) is 19.8. The van der Waals surface area contributed by atoms with E-state index in [-0.39, 0.29) is 30.5 Å². The van der Waals surface area contributed by atoms with Gasteiger partial charge in [0.25, 0.3) is 5.89 Å². The number of benzene rings is 2. The average molecular weight is 512 g/mol. The summed E-state index contributed by atoms with van der Waals surface area (Å²) in [6.45, 7) is 4.29. The number of aromatic nitrogens is 3. The summed E-state index contributed by atoms with van der Waals surface area (Å²) in [5, 5.41) is 18.3. The van der Waals surface area contributed by atoms with Crippen molar-refractivity contribution in [3.63, 3.8) is 0 Å². The van der Waals surface area contributed by atoms with Gasteiger partial charge in [0, 0.05) is 28.2 Å². The number of carboxylic acid groups (broad SMARTS) is 1. The van der Waals surface area contributed by atoms with Crippen molar-refractivity contribution in [2.75, 3.05) is 6.61 Å². The third kappa shape index (κ3) is 4.86. The Morgan fingerprint density at radius 3 is 2.57 bits per heavy atom. The van der Waals surface area contributed by atoms with Gasteiger partial charge in [-0.15, -0.1) is 0 Å². The molecule has 1 aliphatic rings. The number of nitrogens with zero attached hydrogens (tertiary/aromatic N) is 3. The quantitative estimate of drug-likeness (QED) is 0.270. The maximum absolute atomic E-state index is 11.2. The van der Waals surface area contributed by atoms with Gasteiger partial charge < -0.3 is 18.9 Å². The van der Waals surface area contributed by atoms with E-state index in [0.717, 1.165) is 24.2 Å². The highest BCUT2D eigenvalue weighted by atomic mass is 35.5. The molecule has 0 radical (unpaired) electrons. The molecule has 4 aromatic rings. The van der Waals surface area contributed by atoms with Crippen LogP contribution in [0.25, 0.3) is 28.2 Å². The zero-order valence-electron chi connectivity index (χ0n) is 18.3. The van der Waals surface area contributed by atoms with E-state index in [1.54, 1.807) is 30.3 Å². The molecule has 1 aliphatic carbocycles. The lowest BCUT2D eigenvalue weighted by molar-refractivity contribution is 0.0697. The van der Waals surface area contributed by atoms with Crippen LogP contribution < -0.4 is 0 Å². The van der Waals surface area contributed by atoms with Crippen LogP contribution in [0.3, 0.4) is 0 Å². The first-order chi connectivity index (χ1) is 16.9. The van der Waals surface area contributed by atoms with Crippen molar-refractivity contribution in [1.29, 1.82) is 0 Å². The van der Waals surface area contributed by atoms with Crippen LogP contribution in [0.4, 0.5) is 0 Å². The van der Waals surface area contributed by atoms with Gasteiger partial charge in [-0.05, 0) is 37.1 Å². The Morgan fingerprint density at radius 2 is 1.86 bits per heavy atom. The summed E-state index contributed by atoms with van der Waals surface area (Å²) in [7, 11) is 0. The van der Waals surface area contributed by atoms with Crippen LogP contribution in [-0.2, 0) is 11.3 Å². The van der Waals surface area contributed by atoms with Gasteiger partial charge in [-0.1, -0.05) is 58.3 Å². The molecule has 0 amide bonds. The number of hydrogen-bond acceptors (Lipinski definition) is 7. The van der Waals surface area contributed by atoms with Gasteiger partial charge in [0.05, 0.1) is 28.8 Å². The highest BCUT2D eigenvalue weighted by Gasteiger charge is 2.33. The standard InChI is InChI=1S/C25H19Cl2N3O5/c1-13(24-28-23(30-35-24)15-4-2-5-16(10-15)25(31)32)11-33-12-17-21(29-34-22(17)14-8-9-14)20-18(26)6-3-7-19(20)27/h2-7,10,14H,1,8-9,11-12H2,(H,31,32). The summed E-state index contributed by atoms with van der Waals surface area (Å²) in [5.41, 5.74) is 3.09. The minimum Gasteiger partial charge on any atom is -0.478 e. The largest absolute Gasteiger partial charge is 0.478 e. The first kappa shape index (κ1) is 23.3. The van der Waals surface area contributed by atoms with Crippen LogP contribution in [0.15, 0.2) is 58.1 Å². The van der Waals surface area contributed by atoms with E-state index < -0.39 is 5.97 Å². The molecule has 2 heterocycles. The number of carbonyl (C=O) groups is 1. The van der Waals surface area contributed by atoms with Crippen LogP contribution in [-0.4, -0.2) is 33.0 Å². The number of ether oxygens (including phenoxy) is 1. The molecular weight excluding hydrogens is 493 g/mol. The smallest absolute Gasteiger partial charge is 0.335 e. The average Bonchev–Trinajstić information content (AvgIpc) is 3.41. The highest BCUT2D eigenvalue weighted by molar-refractivity contribution is 6.39. The molecule has 35 heavy (non-hydrogen) atoms. The highest BCUT2D eigenvalue weighted by Crippen LogP contribution is 2.46. The van der Waals surface area contributed by atoms with Gasteiger partial charge in [0.2, 0.25) is 5.82 Å². The van der Waals surface area contributed by atoms with Crippen molar-refractivity contribution < 1.29 is 23.7 Å². The monoisotopic (exact) mass is 511 g/mol. The molecule has 0 saturated heterocycles. The first-order valence-corrected chi connectivity index (χ1v) is 11.5. The molecule has 5 rings (SSSR count). The second-order valence-corrected chi connectivity index (χ2v) is 8.96. The second-order valence-electron chi connectivity index (χ2n) is 8.15. The Hall–Kier alpha value is -3.46. The predicted molar refractivity (Wildman–Crippen MR) is 129 cm³/mol. The first-order valence-electron chi connectivity index (χ1n) is 10.8. The second kappa shape index (κ2) is 9.65. The lowest BCUT2D eigenvalue weighted by atomic mass is 10.0. The molecule has 178 valence electrons. The van der Waals surface area contributed by atoms with Gasteiger partial charge in [-0.2, -0.15) is 4.98 Å². The van der Waals surface area contributed by atoms with Crippen molar-refractivity contribution in [3.05, 3.63) is 81.9 Å². The van der Waals surface area contributed by atoms with Crippen molar-refractivity contribution in [1.82, 2.24) is 15.3 Å². The Kier molecular flexibility index (Phi) is 6.42. The van der Waals surface area contributed by atoms with E-state index in [1.807, 2.05) is 0 Å². The van der Waals surface area contributed by atoms with E-state index in [0.29, 0.717) is 38.4 Å². The SMILES string of the molecule is C=C(COCc1c(-c2c(Cl)cccc2Cl)noc1C1CC1)c1nc(-c2cccc(C(=O)O)c2)no1. The van der Waals surface area contributed by atoms with Crippen molar-refractivity contribution in [2.45, 2.75) is 25.4 Å².